The Kier molecular flexibility index (Phi) is 6.87. The van der Waals surface area contributed by atoms with Crippen molar-refractivity contribution in [3.05, 3.63) is 28.2 Å². The number of thiazole rings is 1. The number of fused-ring (bicyclic) bond motifs is 1. The summed E-state index contributed by atoms with van der Waals surface area (Å²) < 4.78 is 12.3. The molecule has 3 atom stereocenters. The van der Waals surface area contributed by atoms with Crippen molar-refractivity contribution in [3.63, 3.8) is 0 Å². The molecule has 2 aliphatic rings. The molecule has 1 aromatic heterocycles. The molecule has 0 bridgehead atoms. The molecule has 0 aromatic carbocycles. The lowest BCUT2D eigenvalue weighted by Crippen LogP contribution is -2.18. The molecule has 1 aliphatic heterocycles. The highest BCUT2D eigenvalue weighted by atomic mass is 32.1. The van der Waals surface area contributed by atoms with E-state index in [2.05, 4.69) is 31.4 Å². The van der Waals surface area contributed by atoms with E-state index in [0.717, 1.165) is 31.7 Å². The normalized spacial score (nSPS) is 30.0. The van der Waals surface area contributed by atoms with E-state index < -0.39 is 0 Å². The average Bonchev–Trinajstić information content (AvgIpc) is 3.03. The van der Waals surface area contributed by atoms with Gasteiger partial charge in [0, 0.05) is 17.2 Å². The van der Waals surface area contributed by atoms with E-state index in [1.54, 1.807) is 11.3 Å². The van der Waals surface area contributed by atoms with Crippen LogP contribution in [0.1, 0.15) is 81.7 Å². The lowest BCUT2D eigenvalue weighted by atomic mass is 9.89. The van der Waals surface area contributed by atoms with Gasteiger partial charge in [0.15, 0.2) is 0 Å². The second-order valence-corrected chi connectivity index (χ2v) is 8.00. The Labute approximate surface area is 150 Å². The van der Waals surface area contributed by atoms with Crippen LogP contribution < -0.4 is 0 Å². The summed E-state index contributed by atoms with van der Waals surface area (Å²) in [6.45, 7) is 6.01. The number of ether oxygens (including phenoxy) is 2. The van der Waals surface area contributed by atoms with Gasteiger partial charge in [-0.3, -0.25) is 0 Å². The molecule has 3 unspecified atom stereocenters. The zero-order valence-corrected chi connectivity index (χ0v) is 15.9. The minimum Gasteiger partial charge on any atom is -0.347 e. The molecule has 24 heavy (non-hydrogen) atoms. The van der Waals surface area contributed by atoms with Crippen LogP contribution in [0.4, 0.5) is 0 Å². The Bertz CT molecular complexity index is 523. The standard InChI is InChI=1S/C20H31NO2S/c1-3-15(4-2)19-21-18(14-24-19)20-22-12-16-10-8-6-5-7-9-11-17(16)13-23-20/h8,10,14-17,20H,3-7,9,11-13H2,1-2H3/b10-8-. The van der Waals surface area contributed by atoms with Gasteiger partial charge in [0.05, 0.1) is 18.2 Å². The van der Waals surface area contributed by atoms with E-state index in [0.29, 0.717) is 17.8 Å². The Morgan fingerprint density at radius 1 is 1.17 bits per heavy atom. The van der Waals surface area contributed by atoms with Crippen LogP contribution in [0.3, 0.4) is 0 Å². The zero-order chi connectivity index (χ0) is 16.8. The second-order valence-electron chi connectivity index (χ2n) is 7.11. The van der Waals surface area contributed by atoms with Crippen molar-refractivity contribution < 1.29 is 9.47 Å². The molecular weight excluding hydrogens is 318 g/mol. The van der Waals surface area contributed by atoms with E-state index in [1.165, 1.54) is 37.1 Å². The number of hydrogen-bond acceptors (Lipinski definition) is 4. The van der Waals surface area contributed by atoms with Gasteiger partial charge in [0.25, 0.3) is 0 Å². The van der Waals surface area contributed by atoms with Gasteiger partial charge in [-0.25, -0.2) is 4.98 Å². The predicted molar refractivity (Wildman–Crippen MR) is 99.3 cm³/mol. The molecule has 1 aromatic rings. The Balaban J connectivity index is 1.67. The van der Waals surface area contributed by atoms with Gasteiger partial charge in [-0.2, -0.15) is 0 Å². The quantitative estimate of drug-likeness (QED) is 0.639. The first-order valence-corrected chi connectivity index (χ1v) is 10.5. The van der Waals surface area contributed by atoms with Crippen LogP contribution in [0.5, 0.6) is 0 Å². The Morgan fingerprint density at radius 2 is 2.00 bits per heavy atom. The summed E-state index contributed by atoms with van der Waals surface area (Å²) in [7, 11) is 0. The number of allylic oxidation sites excluding steroid dienone is 1. The van der Waals surface area contributed by atoms with Crippen LogP contribution in [-0.4, -0.2) is 18.2 Å². The molecular formula is C20H31NO2S. The van der Waals surface area contributed by atoms with Crippen molar-refractivity contribution >= 4 is 11.3 Å². The van der Waals surface area contributed by atoms with Crippen molar-refractivity contribution in [1.82, 2.24) is 4.98 Å². The van der Waals surface area contributed by atoms with Crippen LogP contribution in [-0.2, 0) is 9.47 Å². The molecule has 134 valence electrons. The van der Waals surface area contributed by atoms with Crippen molar-refractivity contribution in [3.8, 4) is 0 Å². The molecule has 1 aliphatic carbocycles. The molecule has 1 fully saturated rings. The molecule has 3 nitrogen and oxygen atoms in total. The summed E-state index contributed by atoms with van der Waals surface area (Å²) in [5.41, 5.74) is 0.970. The first-order chi connectivity index (χ1) is 11.8. The fourth-order valence-electron chi connectivity index (χ4n) is 3.75. The summed E-state index contributed by atoms with van der Waals surface area (Å²) in [4.78, 5) is 4.84. The first kappa shape index (κ1) is 18.1. The van der Waals surface area contributed by atoms with Crippen molar-refractivity contribution in [2.45, 2.75) is 71.0 Å². The van der Waals surface area contributed by atoms with E-state index in [-0.39, 0.29) is 6.29 Å². The lowest BCUT2D eigenvalue weighted by molar-refractivity contribution is -0.136. The lowest BCUT2D eigenvalue weighted by Gasteiger charge is -2.19. The van der Waals surface area contributed by atoms with Gasteiger partial charge in [-0.05, 0) is 38.0 Å². The molecule has 3 rings (SSSR count). The van der Waals surface area contributed by atoms with Crippen LogP contribution in [0, 0.1) is 11.8 Å². The molecule has 0 N–H and O–H groups in total. The zero-order valence-electron chi connectivity index (χ0n) is 15.1. The molecule has 0 amide bonds. The van der Waals surface area contributed by atoms with E-state index in [9.17, 15) is 0 Å². The van der Waals surface area contributed by atoms with Crippen LogP contribution >= 0.6 is 11.3 Å². The maximum atomic E-state index is 6.14. The highest BCUT2D eigenvalue weighted by Gasteiger charge is 2.29. The Morgan fingerprint density at radius 3 is 2.83 bits per heavy atom. The topological polar surface area (TPSA) is 31.4 Å². The summed E-state index contributed by atoms with van der Waals surface area (Å²) >= 11 is 1.76. The number of aromatic nitrogens is 1. The van der Waals surface area contributed by atoms with E-state index >= 15 is 0 Å². The molecule has 1 saturated heterocycles. The molecule has 4 heteroatoms. The third kappa shape index (κ3) is 4.47. The van der Waals surface area contributed by atoms with Crippen LogP contribution in [0.25, 0.3) is 0 Å². The molecule has 0 saturated carbocycles. The third-order valence-electron chi connectivity index (χ3n) is 5.45. The molecule has 0 spiro atoms. The fourth-order valence-corrected chi connectivity index (χ4v) is 4.84. The Hall–Kier alpha value is -0.710. The SMILES string of the molecule is CCC(CC)c1nc(C2OCC3/C=C\CCCCCC3CO2)cs1. The minimum absolute atomic E-state index is 0.284. The monoisotopic (exact) mass is 349 g/mol. The number of nitrogens with zero attached hydrogens (tertiary/aromatic N) is 1. The van der Waals surface area contributed by atoms with Gasteiger partial charge < -0.3 is 9.47 Å². The average molecular weight is 350 g/mol. The highest BCUT2D eigenvalue weighted by molar-refractivity contribution is 7.09. The van der Waals surface area contributed by atoms with Crippen molar-refractivity contribution in [1.29, 1.82) is 0 Å². The van der Waals surface area contributed by atoms with Crippen LogP contribution in [0.15, 0.2) is 17.5 Å². The smallest absolute Gasteiger partial charge is 0.201 e. The largest absolute Gasteiger partial charge is 0.347 e. The maximum absolute atomic E-state index is 6.14. The highest BCUT2D eigenvalue weighted by Crippen LogP contribution is 2.34. The fraction of sp³-hybridized carbons (Fsp3) is 0.750. The summed E-state index contributed by atoms with van der Waals surface area (Å²) in [5.74, 6) is 1.64. The first-order valence-electron chi connectivity index (χ1n) is 9.67. The van der Waals surface area contributed by atoms with Crippen molar-refractivity contribution in [2.24, 2.45) is 11.8 Å². The van der Waals surface area contributed by atoms with Gasteiger partial charge in [0.2, 0.25) is 6.29 Å². The minimum atomic E-state index is -0.284. The van der Waals surface area contributed by atoms with Gasteiger partial charge in [0.1, 0.15) is 5.69 Å². The van der Waals surface area contributed by atoms with E-state index in [1.807, 2.05) is 0 Å². The van der Waals surface area contributed by atoms with Gasteiger partial charge >= 0.3 is 0 Å². The predicted octanol–water partition coefficient (Wildman–Crippen LogP) is 5.84. The molecule has 2 heterocycles. The van der Waals surface area contributed by atoms with Crippen LogP contribution in [0.2, 0.25) is 0 Å². The maximum Gasteiger partial charge on any atom is 0.201 e. The van der Waals surface area contributed by atoms with Gasteiger partial charge in [-0.1, -0.05) is 38.8 Å². The van der Waals surface area contributed by atoms with Gasteiger partial charge in [-0.15, -0.1) is 11.3 Å². The molecule has 0 radical (unpaired) electrons. The van der Waals surface area contributed by atoms with Crippen molar-refractivity contribution in [2.75, 3.05) is 13.2 Å². The number of hydrogen-bond donors (Lipinski definition) is 0. The summed E-state index contributed by atoms with van der Waals surface area (Å²) in [6, 6.07) is 0. The van der Waals surface area contributed by atoms with E-state index in [4.69, 9.17) is 14.5 Å². The summed E-state index contributed by atoms with van der Waals surface area (Å²) in [6.07, 6.45) is 13.1. The third-order valence-corrected chi connectivity index (χ3v) is 6.48. The summed E-state index contributed by atoms with van der Waals surface area (Å²) in [5, 5.41) is 3.36. The second kappa shape index (κ2) is 9.12. The number of rotatable bonds is 4.